The fraction of sp³-hybridized carbons (Fsp3) is 0.409. The molecule has 1 saturated heterocycles. The molecule has 0 radical (unpaired) electrons. The molecular weight excluding hydrogens is 409 g/mol. The van der Waals surface area contributed by atoms with Gasteiger partial charge >= 0.3 is 0 Å². The lowest BCUT2D eigenvalue weighted by molar-refractivity contribution is -0.133. The third-order valence-electron chi connectivity index (χ3n) is 5.41. The first-order valence-corrected chi connectivity index (χ1v) is 9.55. The molecule has 5 nitrogen and oxygen atoms in total. The number of rotatable bonds is 6. The maximum atomic E-state index is 12.6. The van der Waals surface area contributed by atoms with Crippen LogP contribution in [0.1, 0.15) is 36.6 Å². The highest BCUT2D eigenvalue weighted by Gasteiger charge is 2.26. The molecule has 1 aliphatic rings. The zero-order valence-electron chi connectivity index (χ0n) is 17.0. The number of ether oxygens (including phenoxy) is 1. The molecular formula is C22H31Cl2N3O2. The number of piperazine rings is 1. The molecule has 0 aliphatic carbocycles. The van der Waals surface area contributed by atoms with Gasteiger partial charge in [0.25, 0.3) is 0 Å². The number of hydrogen-bond donors (Lipinski definition) is 1. The smallest absolute Gasteiger partial charge is 0.224 e. The van der Waals surface area contributed by atoms with E-state index in [1.165, 1.54) is 5.56 Å². The van der Waals surface area contributed by atoms with Crippen LogP contribution in [-0.2, 0) is 4.79 Å². The molecule has 2 N–H and O–H groups in total. The van der Waals surface area contributed by atoms with E-state index in [-0.39, 0.29) is 36.8 Å². The van der Waals surface area contributed by atoms with Gasteiger partial charge in [-0.05, 0) is 30.2 Å². The normalized spacial score (nSPS) is 16.2. The van der Waals surface area contributed by atoms with Crippen LogP contribution in [0.25, 0.3) is 0 Å². The summed E-state index contributed by atoms with van der Waals surface area (Å²) >= 11 is 0. The van der Waals surface area contributed by atoms with Crippen molar-refractivity contribution in [3.63, 3.8) is 0 Å². The van der Waals surface area contributed by atoms with Crippen LogP contribution in [0.2, 0.25) is 0 Å². The number of benzene rings is 2. The molecule has 0 saturated carbocycles. The third kappa shape index (κ3) is 6.61. The van der Waals surface area contributed by atoms with Crippen molar-refractivity contribution in [2.75, 3.05) is 33.3 Å². The van der Waals surface area contributed by atoms with Gasteiger partial charge in [0.1, 0.15) is 5.75 Å². The topological polar surface area (TPSA) is 58.8 Å². The minimum absolute atomic E-state index is 0. The zero-order chi connectivity index (χ0) is 19.2. The molecule has 29 heavy (non-hydrogen) atoms. The molecule has 0 bridgehead atoms. The molecule has 0 spiro atoms. The van der Waals surface area contributed by atoms with E-state index in [1.54, 1.807) is 7.11 Å². The van der Waals surface area contributed by atoms with E-state index in [1.807, 2.05) is 47.4 Å². The largest absolute Gasteiger partial charge is 0.497 e. The van der Waals surface area contributed by atoms with E-state index in [2.05, 4.69) is 24.0 Å². The Labute approximate surface area is 186 Å². The van der Waals surface area contributed by atoms with Gasteiger partial charge in [-0.1, -0.05) is 42.5 Å². The lowest BCUT2D eigenvalue weighted by Crippen LogP contribution is -2.49. The number of carbonyl (C=O) groups is 1. The molecule has 1 fully saturated rings. The molecule has 2 aromatic carbocycles. The van der Waals surface area contributed by atoms with Crippen molar-refractivity contribution in [1.29, 1.82) is 0 Å². The Bertz CT molecular complexity index is 753. The monoisotopic (exact) mass is 439 g/mol. The second kappa shape index (κ2) is 12.0. The SMILES string of the molecule is COc1cccc(C(C)N2CCN(C(=O)CC(N)c3ccccc3)CC2)c1.Cl.Cl. The van der Waals surface area contributed by atoms with Crippen LogP contribution in [0, 0.1) is 0 Å². The van der Waals surface area contributed by atoms with Gasteiger partial charge in [-0.3, -0.25) is 9.69 Å². The van der Waals surface area contributed by atoms with Crippen LogP contribution in [0.15, 0.2) is 54.6 Å². The first-order chi connectivity index (χ1) is 13.1. The highest BCUT2D eigenvalue weighted by molar-refractivity contribution is 5.85. The summed E-state index contributed by atoms with van der Waals surface area (Å²) in [7, 11) is 1.69. The summed E-state index contributed by atoms with van der Waals surface area (Å²) in [4.78, 5) is 17.0. The van der Waals surface area contributed by atoms with Crippen molar-refractivity contribution < 1.29 is 9.53 Å². The van der Waals surface area contributed by atoms with Gasteiger partial charge in [-0.25, -0.2) is 0 Å². The predicted molar refractivity (Wildman–Crippen MR) is 122 cm³/mol. The fourth-order valence-electron chi connectivity index (χ4n) is 3.61. The van der Waals surface area contributed by atoms with Gasteiger partial charge < -0.3 is 15.4 Å². The quantitative estimate of drug-likeness (QED) is 0.742. The van der Waals surface area contributed by atoms with E-state index >= 15 is 0 Å². The fourth-order valence-corrected chi connectivity index (χ4v) is 3.61. The highest BCUT2D eigenvalue weighted by atomic mass is 35.5. The molecule has 3 rings (SSSR count). The first kappa shape index (κ1) is 25.2. The third-order valence-corrected chi connectivity index (χ3v) is 5.41. The number of nitrogens with two attached hydrogens (primary N) is 1. The van der Waals surface area contributed by atoms with Crippen molar-refractivity contribution in [3.05, 3.63) is 65.7 Å². The number of amides is 1. The second-order valence-electron chi connectivity index (χ2n) is 7.09. The summed E-state index contributed by atoms with van der Waals surface area (Å²) in [5.74, 6) is 1.02. The lowest BCUT2D eigenvalue weighted by atomic mass is 10.0. The minimum Gasteiger partial charge on any atom is -0.497 e. The van der Waals surface area contributed by atoms with Crippen molar-refractivity contribution in [1.82, 2.24) is 9.80 Å². The maximum absolute atomic E-state index is 12.6. The van der Waals surface area contributed by atoms with Gasteiger partial charge in [0, 0.05) is 44.7 Å². The van der Waals surface area contributed by atoms with Crippen molar-refractivity contribution >= 4 is 30.7 Å². The molecule has 7 heteroatoms. The molecule has 1 heterocycles. The maximum Gasteiger partial charge on any atom is 0.224 e. The van der Waals surface area contributed by atoms with Gasteiger partial charge in [0.05, 0.1) is 7.11 Å². The Kier molecular flexibility index (Phi) is 10.5. The molecule has 160 valence electrons. The molecule has 2 aromatic rings. The predicted octanol–water partition coefficient (Wildman–Crippen LogP) is 3.83. The van der Waals surface area contributed by atoms with Crippen molar-refractivity contribution in [3.8, 4) is 5.75 Å². The number of nitrogens with zero attached hydrogens (tertiary/aromatic N) is 2. The van der Waals surface area contributed by atoms with Crippen LogP contribution < -0.4 is 10.5 Å². The Morgan fingerprint density at radius 2 is 1.62 bits per heavy atom. The summed E-state index contributed by atoms with van der Waals surface area (Å²) in [5, 5.41) is 0. The zero-order valence-corrected chi connectivity index (χ0v) is 18.6. The van der Waals surface area contributed by atoms with E-state index in [9.17, 15) is 4.79 Å². The standard InChI is InChI=1S/C22H29N3O2.2ClH/c1-17(19-9-6-10-20(15-19)27-2)24-11-13-25(14-12-24)22(26)16-21(23)18-7-4-3-5-8-18;;/h3-10,15,17,21H,11-14,16,23H2,1-2H3;2*1H. The van der Waals surface area contributed by atoms with E-state index in [0.29, 0.717) is 12.5 Å². The summed E-state index contributed by atoms with van der Waals surface area (Å²) in [5.41, 5.74) is 8.46. The van der Waals surface area contributed by atoms with Crippen LogP contribution in [-0.4, -0.2) is 49.0 Å². The molecule has 1 aliphatic heterocycles. The summed E-state index contributed by atoms with van der Waals surface area (Å²) in [6.45, 7) is 5.43. The molecule has 1 amide bonds. The number of carbonyl (C=O) groups excluding carboxylic acids is 1. The number of methoxy groups -OCH3 is 1. The number of halogens is 2. The van der Waals surface area contributed by atoms with E-state index < -0.39 is 0 Å². The summed E-state index contributed by atoms with van der Waals surface area (Å²) < 4.78 is 5.33. The Balaban J connectivity index is 0.00000210. The summed E-state index contributed by atoms with van der Waals surface area (Å²) in [6.07, 6.45) is 0.357. The van der Waals surface area contributed by atoms with Crippen LogP contribution in [0.5, 0.6) is 5.75 Å². The van der Waals surface area contributed by atoms with Crippen molar-refractivity contribution in [2.24, 2.45) is 5.73 Å². The molecule has 2 atom stereocenters. The van der Waals surface area contributed by atoms with Gasteiger partial charge in [0.2, 0.25) is 5.91 Å². The van der Waals surface area contributed by atoms with E-state index in [4.69, 9.17) is 10.5 Å². The van der Waals surface area contributed by atoms with Crippen LogP contribution in [0.4, 0.5) is 0 Å². The Morgan fingerprint density at radius 1 is 1.00 bits per heavy atom. The Hall–Kier alpha value is -1.79. The van der Waals surface area contributed by atoms with E-state index in [0.717, 1.165) is 37.5 Å². The minimum atomic E-state index is -0.243. The Morgan fingerprint density at radius 3 is 2.24 bits per heavy atom. The second-order valence-corrected chi connectivity index (χ2v) is 7.09. The van der Waals surface area contributed by atoms with Gasteiger partial charge in [-0.15, -0.1) is 24.8 Å². The molecule has 0 aromatic heterocycles. The van der Waals surface area contributed by atoms with Gasteiger partial charge in [-0.2, -0.15) is 0 Å². The molecule has 2 unspecified atom stereocenters. The average molecular weight is 440 g/mol. The van der Waals surface area contributed by atoms with Crippen LogP contribution in [0.3, 0.4) is 0 Å². The first-order valence-electron chi connectivity index (χ1n) is 9.55. The van der Waals surface area contributed by atoms with Crippen LogP contribution >= 0.6 is 24.8 Å². The van der Waals surface area contributed by atoms with Gasteiger partial charge in [0.15, 0.2) is 0 Å². The average Bonchev–Trinajstić information content (AvgIpc) is 2.74. The number of hydrogen-bond acceptors (Lipinski definition) is 4. The van der Waals surface area contributed by atoms with Crippen molar-refractivity contribution in [2.45, 2.75) is 25.4 Å². The summed E-state index contributed by atoms with van der Waals surface area (Å²) in [6, 6.07) is 18.1. The highest BCUT2D eigenvalue weighted by Crippen LogP contribution is 2.25. The lowest BCUT2D eigenvalue weighted by Gasteiger charge is -2.38.